The second-order valence-corrected chi connectivity index (χ2v) is 4.77. The zero-order valence-corrected chi connectivity index (χ0v) is 9.41. The summed E-state index contributed by atoms with van der Waals surface area (Å²) in [6.07, 6.45) is 0.0638. The number of nitrogens with zero attached hydrogens (tertiary/aromatic N) is 2. The van der Waals surface area contributed by atoms with Crippen LogP contribution in [0.25, 0.3) is 0 Å². The standard InChI is InChI=1S/C11H13F2N3O/c1-5(17)14-16-10-7(9(15-16)11(12)13)3-2-6-4-8(6)10/h6,8,11H,2-4H2,1H3,(H,14,17). The summed E-state index contributed by atoms with van der Waals surface area (Å²) in [6, 6.07) is 0. The van der Waals surface area contributed by atoms with E-state index in [2.05, 4.69) is 10.5 Å². The topological polar surface area (TPSA) is 46.9 Å². The lowest BCUT2D eigenvalue weighted by Crippen LogP contribution is -2.24. The van der Waals surface area contributed by atoms with Crippen LogP contribution >= 0.6 is 0 Å². The quantitative estimate of drug-likeness (QED) is 0.860. The fourth-order valence-corrected chi connectivity index (χ4v) is 2.76. The normalized spacial score (nSPS) is 25.4. The van der Waals surface area contributed by atoms with Gasteiger partial charge in [-0.3, -0.25) is 4.79 Å². The first-order chi connectivity index (χ1) is 8.08. The van der Waals surface area contributed by atoms with Crippen molar-refractivity contribution in [2.45, 2.75) is 38.5 Å². The molecule has 1 aromatic rings. The molecule has 1 fully saturated rings. The van der Waals surface area contributed by atoms with Gasteiger partial charge < -0.3 is 0 Å². The van der Waals surface area contributed by atoms with Gasteiger partial charge in [-0.15, -0.1) is 0 Å². The minimum Gasteiger partial charge on any atom is -0.274 e. The van der Waals surface area contributed by atoms with Crippen molar-refractivity contribution in [3.8, 4) is 0 Å². The maximum Gasteiger partial charge on any atom is 0.282 e. The molecule has 4 nitrogen and oxygen atoms in total. The highest BCUT2D eigenvalue weighted by molar-refractivity contribution is 5.81. The predicted octanol–water partition coefficient (Wildman–Crippen LogP) is 1.96. The van der Waals surface area contributed by atoms with Crippen LogP contribution in [0.1, 0.15) is 49.1 Å². The monoisotopic (exact) mass is 241 g/mol. The van der Waals surface area contributed by atoms with E-state index < -0.39 is 6.43 Å². The second-order valence-electron chi connectivity index (χ2n) is 4.77. The first-order valence-corrected chi connectivity index (χ1v) is 5.75. The van der Waals surface area contributed by atoms with Crippen molar-refractivity contribution >= 4 is 5.91 Å². The Morgan fingerprint density at radius 1 is 1.59 bits per heavy atom. The fourth-order valence-electron chi connectivity index (χ4n) is 2.76. The smallest absolute Gasteiger partial charge is 0.274 e. The molecular formula is C11H13F2N3O. The van der Waals surface area contributed by atoms with Gasteiger partial charge in [0.1, 0.15) is 5.69 Å². The Labute approximate surface area is 97.0 Å². The third kappa shape index (κ3) is 1.62. The van der Waals surface area contributed by atoms with E-state index in [4.69, 9.17) is 0 Å². The van der Waals surface area contributed by atoms with Crippen LogP contribution in [0.4, 0.5) is 8.78 Å². The van der Waals surface area contributed by atoms with Gasteiger partial charge in [0.15, 0.2) is 0 Å². The first-order valence-electron chi connectivity index (χ1n) is 5.75. The number of amides is 1. The molecule has 0 saturated heterocycles. The molecule has 2 aliphatic rings. The third-order valence-electron chi connectivity index (χ3n) is 3.56. The molecule has 0 radical (unpaired) electrons. The van der Waals surface area contributed by atoms with E-state index in [1.54, 1.807) is 0 Å². The summed E-state index contributed by atoms with van der Waals surface area (Å²) in [5.74, 6) is 0.613. The lowest BCUT2D eigenvalue weighted by Gasteiger charge is -2.13. The summed E-state index contributed by atoms with van der Waals surface area (Å²) in [7, 11) is 0. The van der Waals surface area contributed by atoms with Gasteiger partial charge in [-0.05, 0) is 25.2 Å². The number of aromatic nitrogens is 2. The van der Waals surface area contributed by atoms with Crippen molar-refractivity contribution in [1.82, 2.24) is 9.89 Å². The van der Waals surface area contributed by atoms with Crippen LogP contribution in [-0.4, -0.2) is 15.8 Å². The number of rotatable bonds is 2. The van der Waals surface area contributed by atoms with Gasteiger partial charge in [-0.25, -0.2) is 14.2 Å². The van der Waals surface area contributed by atoms with Gasteiger partial charge in [0, 0.05) is 18.4 Å². The highest BCUT2D eigenvalue weighted by atomic mass is 19.3. The minimum absolute atomic E-state index is 0.167. The van der Waals surface area contributed by atoms with Crippen molar-refractivity contribution in [3.05, 3.63) is 17.0 Å². The summed E-state index contributed by atoms with van der Waals surface area (Å²) < 4.78 is 25.7. The summed E-state index contributed by atoms with van der Waals surface area (Å²) in [5.41, 5.74) is 3.77. The van der Waals surface area contributed by atoms with Gasteiger partial charge in [0.05, 0.1) is 5.69 Å². The van der Waals surface area contributed by atoms with Gasteiger partial charge in [0.25, 0.3) is 6.43 Å². The highest BCUT2D eigenvalue weighted by Crippen LogP contribution is 2.55. The number of nitrogens with one attached hydrogen (secondary N) is 1. The molecule has 17 heavy (non-hydrogen) atoms. The van der Waals surface area contributed by atoms with Crippen molar-refractivity contribution in [3.63, 3.8) is 0 Å². The summed E-state index contributed by atoms with van der Waals surface area (Å²) in [5, 5.41) is 3.84. The van der Waals surface area contributed by atoms with E-state index in [9.17, 15) is 13.6 Å². The van der Waals surface area contributed by atoms with E-state index >= 15 is 0 Å². The first kappa shape index (κ1) is 10.7. The number of hydrogen-bond acceptors (Lipinski definition) is 2. The molecule has 1 saturated carbocycles. The Balaban J connectivity index is 2.06. The molecule has 1 amide bonds. The molecule has 92 valence electrons. The lowest BCUT2D eigenvalue weighted by atomic mass is 9.96. The molecule has 2 unspecified atom stereocenters. The zero-order valence-electron chi connectivity index (χ0n) is 9.41. The minimum atomic E-state index is -2.57. The SMILES string of the molecule is CC(=O)Nn1nc(C(F)F)c2c1C1CC1CC2. The van der Waals surface area contributed by atoms with Crippen LogP contribution in [0, 0.1) is 5.92 Å². The largest absolute Gasteiger partial charge is 0.282 e. The second kappa shape index (κ2) is 3.51. The summed E-state index contributed by atoms with van der Waals surface area (Å²) in [4.78, 5) is 12.3. The molecule has 6 heteroatoms. The fraction of sp³-hybridized carbons (Fsp3) is 0.636. The van der Waals surface area contributed by atoms with E-state index in [0.717, 1.165) is 18.5 Å². The highest BCUT2D eigenvalue weighted by Gasteiger charge is 2.46. The lowest BCUT2D eigenvalue weighted by molar-refractivity contribution is -0.115. The molecule has 1 N–H and O–H groups in total. The van der Waals surface area contributed by atoms with Crippen LogP contribution < -0.4 is 5.43 Å². The molecule has 0 aliphatic heterocycles. The molecule has 1 heterocycles. The molecule has 2 aliphatic carbocycles. The van der Waals surface area contributed by atoms with Crippen LogP contribution in [0.2, 0.25) is 0 Å². The van der Waals surface area contributed by atoms with Crippen molar-refractivity contribution in [2.24, 2.45) is 5.92 Å². The Morgan fingerprint density at radius 3 is 3.00 bits per heavy atom. The maximum atomic E-state index is 12.9. The van der Waals surface area contributed by atoms with E-state index in [1.807, 2.05) is 0 Å². The molecule has 1 aromatic heterocycles. The van der Waals surface area contributed by atoms with Gasteiger partial charge >= 0.3 is 0 Å². The van der Waals surface area contributed by atoms with Crippen LogP contribution in [0.15, 0.2) is 0 Å². The Morgan fingerprint density at radius 2 is 2.35 bits per heavy atom. The molecule has 3 rings (SSSR count). The van der Waals surface area contributed by atoms with Gasteiger partial charge in [0.2, 0.25) is 5.91 Å². The Kier molecular flexibility index (Phi) is 2.21. The average Bonchev–Trinajstić information content (AvgIpc) is 2.94. The van der Waals surface area contributed by atoms with E-state index in [-0.39, 0.29) is 11.6 Å². The number of hydrogen-bond donors (Lipinski definition) is 1. The Hall–Kier alpha value is -1.46. The van der Waals surface area contributed by atoms with Crippen molar-refractivity contribution < 1.29 is 13.6 Å². The predicted molar refractivity (Wildman–Crippen MR) is 56.4 cm³/mol. The average molecular weight is 241 g/mol. The van der Waals surface area contributed by atoms with Gasteiger partial charge in [-0.2, -0.15) is 9.89 Å². The number of carbonyl (C=O) groups excluding carboxylic acids is 1. The van der Waals surface area contributed by atoms with E-state index in [1.165, 1.54) is 11.7 Å². The molecular weight excluding hydrogens is 228 g/mol. The Bertz CT molecular complexity index is 483. The molecule has 2 atom stereocenters. The van der Waals surface area contributed by atoms with Crippen LogP contribution in [0.3, 0.4) is 0 Å². The molecule has 0 bridgehead atoms. The zero-order chi connectivity index (χ0) is 12.2. The van der Waals surface area contributed by atoms with Crippen LogP contribution in [0.5, 0.6) is 0 Å². The number of fused-ring (bicyclic) bond motifs is 3. The van der Waals surface area contributed by atoms with Crippen molar-refractivity contribution in [2.75, 3.05) is 5.43 Å². The number of carbonyl (C=O) groups is 1. The van der Waals surface area contributed by atoms with Crippen molar-refractivity contribution in [1.29, 1.82) is 0 Å². The summed E-state index contributed by atoms with van der Waals surface area (Å²) in [6.45, 7) is 1.35. The van der Waals surface area contributed by atoms with E-state index in [0.29, 0.717) is 23.8 Å². The summed E-state index contributed by atoms with van der Waals surface area (Å²) >= 11 is 0. The maximum absolute atomic E-state index is 12.9. The number of alkyl halides is 2. The third-order valence-corrected chi connectivity index (χ3v) is 3.56. The molecule has 0 spiro atoms. The molecule has 0 aromatic carbocycles. The van der Waals surface area contributed by atoms with Crippen LogP contribution in [-0.2, 0) is 11.2 Å². The van der Waals surface area contributed by atoms with Gasteiger partial charge in [-0.1, -0.05) is 0 Å². The number of halogens is 2.